The summed E-state index contributed by atoms with van der Waals surface area (Å²) < 4.78 is 13.1. The molecule has 2 amide bonds. The van der Waals surface area contributed by atoms with E-state index in [0.717, 1.165) is 37.7 Å². The van der Waals surface area contributed by atoms with Crippen LogP contribution < -0.4 is 10.6 Å². The summed E-state index contributed by atoms with van der Waals surface area (Å²) in [5.41, 5.74) is 1.03. The summed E-state index contributed by atoms with van der Waals surface area (Å²) in [4.78, 5) is 27.5. The molecule has 7 heteroatoms. The minimum atomic E-state index is -1.11. The second-order valence-electron chi connectivity index (χ2n) is 13.1. The van der Waals surface area contributed by atoms with Gasteiger partial charge in [0.05, 0.1) is 12.0 Å². The fraction of sp³-hybridized carbons (Fsp3) is 0.714. The molecule has 1 aromatic rings. The third-order valence-electron chi connectivity index (χ3n) is 9.20. The lowest BCUT2D eigenvalue weighted by molar-refractivity contribution is -0.131. The Balaban J connectivity index is 1.70. The second kappa shape index (κ2) is 18.6. The molecule has 2 aliphatic carbocycles. The highest BCUT2D eigenvalue weighted by Gasteiger charge is 2.34. The maximum absolute atomic E-state index is 13.8. The first-order valence-corrected chi connectivity index (χ1v) is 18.0. The van der Waals surface area contributed by atoms with E-state index in [1.54, 1.807) is 6.08 Å². The molecule has 2 aliphatic rings. The Bertz CT molecular complexity index is 976. The summed E-state index contributed by atoms with van der Waals surface area (Å²) >= 11 is 0. The molecular weight excluding hydrogens is 544 g/mol. The van der Waals surface area contributed by atoms with Crippen molar-refractivity contribution in [3.8, 4) is 0 Å². The first-order chi connectivity index (χ1) is 20.3. The van der Waals surface area contributed by atoms with Crippen molar-refractivity contribution in [2.75, 3.05) is 11.5 Å². The van der Waals surface area contributed by atoms with Gasteiger partial charge in [-0.3, -0.25) is 13.8 Å². The van der Waals surface area contributed by atoms with E-state index >= 15 is 0 Å². The highest BCUT2D eigenvalue weighted by atomic mass is 32.2. The Labute approximate surface area is 257 Å². The molecule has 0 aliphatic heterocycles. The molecular formula is C35H56N2O4S. The average Bonchev–Trinajstić information content (AvgIpc) is 3.80. The van der Waals surface area contributed by atoms with Crippen LogP contribution in [0.25, 0.3) is 0 Å². The number of aliphatic hydroxyl groups is 1. The van der Waals surface area contributed by atoms with Gasteiger partial charge in [0.15, 0.2) is 0 Å². The number of aliphatic hydroxyl groups excluding tert-OH is 1. The van der Waals surface area contributed by atoms with Gasteiger partial charge >= 0.3 is 0 Å². The minimum Gasteiger partial charge on any atom is -0.393 e. The van der Waals surface area contributed by atoms with Crippen LogP contribution in [0, 0.1) is 23.7 Å². The van der Waals surface area contributed by atoms with E-state index < -0.39 is 28.9 Å². The Morgan fingerprint density at radius 2 is 1.71 bits per heavy atom. The van der Waals surface area contributed by atoms with Gasteiger partial charge in [0.1, 0.15) is 6.04 Å². The molecule has 2 saturated carbocycles. The zero-order valence-electron chi connectivity index (χ0n) is 26.1. The van der Waals surface area contributed by atoms with Crippen LogP contribution >= 0.6 is 0 Å². The zero-order chi connectivity index (χ0) is 30.3. The third-order valence-corrected chi connectivity index (χ3v) is 10.7. The number of hydrogen-bond donors (Lipinski definition) is 3. The van der Waals surface area contributed by atoms with Gasteiger partial charge in [0, 0.05) is 28.3 Å². The predicted molar refractivity (Wildman–Crippen MR) is 173 cm³/mol. The van der Waals surface area contributed by atoms with Crippen LogP contribution in [0.2, 0.25) is 0 Å². The van der Waals surface area contributed by atoms with Crippen LogP contribution in [0.3, 0.4) is 0 Å². The molecule has 6 nitrogen and oxygen atoms in total. The molecule has 2 fully saturated rings. The number of carbonyl (C=O) groups is 2. The molecule has 3 unspecified atom stereocenters. The molecule has 0 heterocycles. The van der Waals surface area contributed by atoms with E-state index in [4.69, 9.17) is 0 Å². The van der Waals surface area contributed by atoms with Crippen molar-refractivity contribution in [1.29, 1.82) is 0 Å². The summed E-state index contributed by atoms with van der Waals surface area (Å²) in [5.74, 6) is 1.59. The van der Waals surface area contributed by atoms with E-state index in [-0.39, 0.29) is 17.9 Å². The van der Waals surface area contributed by atoms with Gasteiger partial charge in [-0.2, -0.15) is 0 Å². The lowest BCUT2D eigenvalue weighted by Crippen LogP contribution is -2.52. The monoisotopic (exact) mass is 600 g/mol. The summed E-state index contributed by atoms with van der Waals surface area (Å²) in [7, 11) is -1.11. The van der Waals surface area contributed by atoms with Crippen LogP contribution in [0.1, 0.15) is 103 Å². The third kappa shape index (κ3) is 13.1. The maximum atomic E-state index is 13.8. The Hall–Kier alpha value is -1.99. The Kier molecular flexibility index (Phi) is 15.3. The maximum Gasteiger partial charge on any atom is 0.242 e. The predicted octanol–water partition coefficient (Wildman–Crippen LogP) is 6.10. The quantitative estimate of drug-likeness (QED) is 0.158. The van der Waals surface area contributed by atoms with Crippen molar-refractivity contribution < 1.29 is 18.9 Å². The number of hydrogen-bond acceptors (Lipinski definition) is 4. The minimum absolute atomic E-state index is 0.137. The highest BCUT2D eigenvalue weighted by Crippen LogP contribution is 2.34. The molecule has 1 aromatic carbocycles. The number of carbonyl (C=O) groups excluding carboxylic acids is 2. The van der Waals surface area contributed by atoms with Gasteiger partial charge in [0.25, 0.3) is 0 Å². The van der Waals surface area contributed by atoms with E-state index in [1.807, 2.05) is 30.3 Å². The van der Waals surface area contributed by atoms with E-state index in [2.05, 4.69) is 31.1 Å². The van der Waals surface area contributed by atoms with Crippen molar-refractivity contribution in [3.63, 3.8) is 0 Å². The fourth-order valence-electron chi connectivity index (χ4n) is 6.14. The summed E-state index contributed by atoms with van der Waals surface area (Å²) in [6.07, 6.45) is 14.3. The number of nitrogens with one attached hydrogen (secondary N) is 2. The molecule has 3 N–H and O–H groups in total. The number of benzene rings is 1. The van der Waals surface area contributed by atoms with Crippen LogP contribution in [0.15, 0.2) is 43.0 Å². The molecule has 0 spiro atoms. The van der Waals surface area contributed by atoms with Crippen molar-refractivity contribution >= 4 is 22.6 Å². The van der Waals surface area contributed by atoms with Crippen LogP contribution in [0.5, 0.6) is 0 Å². The van der Waals surface area contributed by atoms with Crippen molar-refractivity contribution in [3.05, 3.63) is 48.6 Å². The van der Waals surface area contributed by atoms with Gasteiger partial charge in [-0.25, -0.2) is 0 Å². The SMILES string of the molecule is C=CC[C@H](O)C[C@H](CC1CCCCC1)NC(=O)C(CC1CC1)NC(=O)[C@H](Cc1ccccc1)CS(=O)CCC(C)CC. The summed E-state index contributed by atoms with van der Waals surface area (Å²) in [5, 5.41) is 16.9. The average molecular weight is 601 g/mol. The lowest BCUT2D eigenvalue weighted by atomic mass is 9.83. The fourth-order valence-corrected chi connectivity index (χ4v) is 7.69. The topological polar surface area (TPSA) is 95.5 Å². The molecule has 0 aromatic heterocycles. The Morgan fingerprint density at radius 1 is 1.02 bits per heavy atom. The van der Waals surface area contributed by atoms with E-state index in [1.165, 1.54) is 32.1 Å². The molecule has 6 atom stereocenters. The highest BCUT2D eigenvalue weighted by molar-refractivity contribution is 7.85. The van der Waals surface area contributed by atoms with Crippen LogP contribution in [0.4, 0.5) is 0 Å². The smallest absolute Gasteiger partial charge is 0.242 e. The van der Waals surface area contributed by atoms with Gasteiger partial charge < -0.3 is 15.7 Å². The van der Waals surface area contributed by atoms with Crippen molar-refractivity contribution in [1.82, 2.24) is 10.6 Å². The Morgan fingerprint density at radius 3 is 2.36 bits per heavy atom. The van der Waals surface area contributed by atoms with E-state index in [9.17, 15) is 18.9 Å². The second-order valence-corrected chi connectivity index (χ2v) is 14.7. The van der Waals surface area contributed by atoms with Crippen molar-refractivity contribution in [2.45, 2.75) is 122 Å². The normalized spacial score (nSPS) is 20.1. The molecule has 42 heavy (non-hydrogen) atoms. The first-order valence-electron chi connectivity index (χ1n) is 16.6. The molecule has 0 bridgehead atoms. The first kappa shape index (κ1) is 34.5. The standard InChI is InChI=1S/C35H56N2O4S/c1-4-12-32(38)24-31(22-28-15-10-7-11-16-28)36-35(40)33(23-29-17-18-29)37-34(39)30(21-27-13-8-6-9-14-27)25-42(41)20-19-26(3)5-2/h4,6,8-9,13-14,26,28-33,38H,1,5,7,10-12,15-25H2,2-3H3,(H,36,40)(H,37,39)/t26?,30-,31+,32+,33?,42?/m1/s1. The molecule has 0 radical (unpaired) electrons. The lowest BCUT2D eigenvalue weighted by Gasteiger charge is -2.30. The molecule has 236 valence electrons. The van der Waals surface area contributed by atoms with Crippen molar-refractivity contribution in [2.24, 2.45) is 23.7 Å². The van der Waals surface area contributed by atoms with Crippen LogP contribution in [-0.2, 0) is 26.8 Å². The summed E-state index contributed by atoms with van der Waals surface area (Å²) in [6.45, 7) is 8.07. The zero-order valence-corrected chi connectivity index (χ0v) is 26.9. The largest absolute Gasteiger partial charge is 0.393 e. The van der Waals surface area contributed by atoms with Crippen LogP contribution in [-0.4, -0.2) is 50.8 Å². The van der Waals surface area contributed by atoms with Gasteiger partial charge in [-0.1, -0.05) is 102 Å². The van der Waals surface area contributed by atoms with Gasteiger partial charge in [-0.05, 0) is 61.8 Å². The van der Waals surface area contributed by atoms with E-state index in [0.29, 0.717) is 54.9 Å². The number of rotatable bonds is 20. The molecule has 3 rings (SSSR count). The number of amides is 2. The molecule has 0 saturated heterocycles. The van der Waals surface area contributed by atoms with Gasteiger partial charge in [-0.15, -0.1) is 6.58 Å². The summed E-state index contributed by atoms with van der Waals surface area (Å²) in [6, 6.07) is 9.11. The van der Waals surface area contributed by atoms with Gasteiger partial charge in [0.2, 0.25) is 11.8 Å².